The van der Waals surface area contributed by atoms with Gasteiger partial charge < -0.3 is 4.74 Å². The first-order valence-corrected chi connectivity index (χ1v) is 6.38. The molecular weight excluding hydrogens is 228 g/mol. The third-order valence-electron chi connectivity index (χ3n) is 3.41. The van der Waals surface area contributed by atoms with Crippen molar-refractivity contribution in [3.63, 3.8) is 0 Å². The van der Waals surface area contributed by atoms with Crippen molar-refractivity contribution >= 4 is 11.8 Å². The molecule has 2 unspecified atom stereocenters. The Labute approximate surface area is 107 Å². The van der Waals surface area contributed by atoms with Crippen LogP contribution in [0.1, 0.15) is 35.7 Å². The van der Waals surface area contributed by atoms with Crippen molar-refractivity contribution in [2.24, 2.45) is 11.8 Å². The van der Waals surface area contributed by atoms with E-state index in [1.807, 2.05) is 24.3 Å². The third kappa shape index (κ3) is 2.61. The first-order valence-electron chi connectivity index (χ1n) is 6.38. The van der Waals surface area contributed by atoms with E-state index in [0.717, 1.165) is 12.8 Å². The predicted molar refractivity (Wildman–Crippen MR) is 68.4 cm³/mol. The summed E-state index contributed by atoms with van der Waals surface area (Å²) in [7, 11) is 1.36. The summed E-state index contributed by atoms with van der Waals surface area (Å²) in [6, 6.07) is 7.71. The summed E-state index contributed by atoms with van der Waals surface area (Å²) in [5.74, 6) is -0.600. The van der Waals surface area contributed by atoms with Crippen molar-refractivity contribution in [1.29, 1.82) is 0 Å². The van der Waals surface area contributed by atoms with Gasteiger partial charge in [0.15, 0.2) is 5.78 Å². The van der Waals surface area contributed by atoms with Crippen molar-refractivity contribution < 1.29 is 14.3 Å². The summed E-state index contributed by atoms with van der Waals surface area (Å²) in [5.41, 5.74) is 1.95. The minimum Gasteiger partial charge on any atom is -0.469 e. The lowest BCUT2D eigenvalue weighted by Gasteiger charge is -2.02. The van der Waals surface area contributed by atoms with Gasteiger partial charge >= 0.3 is 5.97 Å². The first kappa shape index (κ1) is 12.8. The van der Waals surface area contributed by atoms with E-state index in [-0.39, 0.29) is 23.6 Å². The number of carbonyl (C=O) groups excluding carboxylic acids is 2. The number of aryl methyl sites for hydroxylation is 1. The van der Waals surface area contributed by atoms with Gasteiger partial charge in [0.25, 0.3) is 0 Å². The zero-order valence-electron chi connectivity index (χ0n) is 10.8. The standard InChI is InChI=1S/C15H18O3/c1-3-4-10-5-7-11(8-6-10)14(16)12-9-13(12)15(17)18-2/h5-8,12-13H,3-4,9H2,1-2H3. The summed E-state index contributed by atoms with van der Waals surface area (Å²) in [5, 5.41) is 0. The maximum absolute atomic E-state index is 12.1. The van der Waals surface area contributed by atoms with Crippen LogP contribution in [0.4, 0.5) is 0 Å². The van der Waals surface area contributed by atoms with Crippen molar-refractivity contribution in [3.8, 4) is 0 Å². The third-order valence-corrected chi connectivity index (χ3v) is 3.41. The van der Waals surface area contributed by atoms with Crippen LogP contribution in [0.15, 0.2) is 24.3 Å². The van der Waals surface area contributed by atoms with Gasteiger partial charge in [0.2, 0.25) is 0 Å². The molecule has 96 valence electrons. The molecule has 2 rings (SSSR count). The lowest BCUT2D eigenvalue weighted by molar-refractivity contribution is -0.142. The van der Waals surface area contributed by atoms with Crippen LogP contribution in [-0.4, -0.2) is 18.9 Å². The molecule has 0 aromatic heterocycles. The Balaban J connectivity index is 2.00. The lowest BCUT2D eigenvalue weighted by atomic mass is 10.0. The molecule has 0 heterocycles. The summed E-state index contributed by atoms with van der Waals surface area (Å²) < 4.78 is 4.65. The molecule has 0 amide bonds. The molecule has 3 nitrogen and oxygen atoms in total. The predicted octanol–water partition coefficient (Wildman–Crippen LogP) is 2.63. The van der Waals surface area contributed by atoms with E-state index >= 15 is 0 Å². The Morgan fingerprint density at radius 1 is 1.22 bits per heavy atom. The van der Waals surface area contributed by atoms with Crippen LogP contribution in [0, 0.1) is 11.8 Å². The zero-order valence-corrected chi connectivity index (χ0v) is 10.8. The molecule has 0 N–H and O–H groups in total. The molecule has 0 radical (unpaired) electrons. The molecule has 2 atom stereocenters. The fourth-order valence-corrected chi connectivity index (χ4v) is 2.24. The molecule has 0 saturated heterocycles. The van der Waals surface area contributed by atoms with Crippen LogP contribution in [-0.2, 0) is 16.0 Å². The SMILES string of the molecule is CCCc1ccc(C(=O)C2CC2C(=O)OC)cc1. The van der Waals surface area contributed by atoms with E-state index in [1.165, 1.54) is 12.7 Å². The second kappa shape index (κ2) is 5.34. The number of hydrogen-bond acceptors (Lipinski definition) is 3. The Morgan fingerprint density at radius 3 is 2.44 bits per heavy atom. The van der Waals surface area contributed by atoms with Crippen molar-refractivity contribution in [2.75, 3.05) is 7.11 Å². The Morgan fingerprint density at radius 2 is 1.89 bits per heavy atom. The highest BCUT2D eigenvalue weighted by atomic mass is 16.5. The monoisotopic (exact) mass is 246 g/mol. The van der Waals surface area contributed by atoms with Gasteiger partial charge in [-0.05, 0) is 18.4 Å². The molecule has 1 aromatic rings. The average molecular weight is 246 g/mol. The zero-order chi connectivity index (χ0) is 13.1. The van der Waals surface area contributed by atoms with E-state index in [2.05, 4.69) is 11.7 Å². The number of benzene rings is 1. The quantitative estimate of drug-likeness (QED) is 0.592. The van der Waals surface area contributed by atoms with Gasteiger partial charge in [-0.15, -0.1) is 0 Å². The summed E-state index contributed by atoms with van der Waals surface area (Å²) in [6.45, 7) is 2.13. The van der Waals surface area contributed by atoms with Gasteiger partial charge in [0.1, 0.15) is 0 Å². The summed E-state index contributed by atoms with van der Waals surface area (Å²) >= 11 is 0. The second-order valence-electron chi connectivity index (χ2n) is 4.78. The van der Waals surface area contributed by atoms with Crippen molar-refractivity contribution in [3.05, 3.63) is 35.4 Å². The number of hydrogen-bond donors (Lipinski definition) is 0. The molecular formula is C15H18O3. The normalized spacial score (nSPS) is 21.4. The topological polar surface area (TPSA) is 43.4 Å². The van der Waals surface area contributed by atoms with E-state index in [1.54, 1.807) is 0 Å². The van der Waals surface area contributed by atoms with Crippen LogP contribution < -0.4 is 0 Å². The highest BCUT2D eigenvalue weighted by molar-refractivity contribution is 6.02. The molecule has 18 heavy (non-hydrogen) atoms. The van der Waals surface area contributed by atoms with E-state index in [4.69, 9.17) is 0 Å². The Kier molecular flexibility index (Phi) is 3.80. The number of rotatable bonds is 5. The highest BCUT2D eigenvalue weighted by Gasteiger charge is 2.48. The molecule has 0 bridgehead atoms. The maximum Gasteiger partial charge on any atom is 0.309 e. The van der Waals surface area contributed by atoms with Gasteiger partial charge in [-0.3, -0.25) is 9.59 Å². The second-order valence-corrected chi connectivity index (χ2v) is 4.78. The van der Waals surface area contributed by atoms with Gasteiger partial charge in [-0.2, -0.15) is 0 Å². The molecule has 0 spiro atoms. The molecule has 3 heteroatoms. The fraction of sp³-hybridized carbons (Fsp3) is 0.467. The largest absolute Gasteiger partial charge is 0.469 e. The highest BCUT2D eigenvalue weighted by Crippen LogP contribution is 2.41. The van der Waals surface area contributed by atoms with Crippen molar-refractivity contribution in [2.45, 2.75) is 26.2 Å². The van der Waals surface area contributed by atoms with Crippen LogP contribution >= 0.6 is 0 Å². The Bertz CT molecular complexity index is 447. The van der Waals surface area contributed by atoms with Crippen LogP contribution in [0.2, 0.25) is 0 Å². The summed E-state index contributed by atoms with van der Waals surface area (Å²) in [6.07, 6.45) is 2.76. The van der Waals surface area contributed by atoms with Gasteiger partial charge in [-0.1, -0.05) is 37.6 Å². The smallest absolute Gasteiger partial charge is 0.309 e. The van der Waals surface area contributed by atoms with E-state index in [9.17, 15) is 9.59 Å². The van der Waals surface area contributed by atoms with Crippen LogP contribution in [0.5, 0.6) is 0 Å². The first-order chi connectivity index (χ1) is 8.67. The number of ketones is 1. The maximum atomic E-state index is 12.1. The number of Topliss-reactive ketones (excluding diaryl/α,β-unsaturated/α-hetero) is 1. The number of methoxy groups -OCH3 is 1. The molecule has 1 aliphatic carbocycles. The molecule has 1 aromatic carbocycles. The van der Waals surface area contributed by atoms with Crippen molar-refractivity contribution in [1.82, 2.24) is 0 Å². The van der Waals surface area contributed by atoms with E-state index < -0.39 is 0 Å². The average Bonchev–Trinajstić information content (AvgIpc) is 3.18. The van der Waals surface area contributed by atoms with Crippen LogP contribution in [0.3, 0.4) is 0 Å². The number of carbonyl (C=O) groups is 2. The minimum absolute atomic E-state index is 0.0634. The van der Waals surface area contributed by atoms with Gasteiger partial charge in [0.05, 0.1) is 13.0 Å². The molecule has 1 aliphatic rings. The van der Waals surface area contributed by atoms with E-state index in [0.29, 0.717) is 12.0 Å². The van der Waals surface area contributed by atoms with Gasteiger partial charge in [-0.25, -0.2) is 0 Å². The number of esters is 1. The molecule has 1 saturated carbocycles. The van der Waals surface area contributed by atoms with Crippen LogP contribution in [0.25, 0.3) is 0 Å². The lowest BCUT2D eigenvalue weighted by Crippen LogP contribution is -2.10. The fourth-order valence-electron chi connectivity index (χ4n) is 2.24. The minimum atomic E-state index is -0.268. The Hall–Kier alpha value is -1.64. The number of ether oxygens (including phenoxy) is 1. The summed E-state index contributed by atoms with van der Waals surface area (Å²) in [4.78, 5) is 23.4. The van der Waals surface area contributed by atoms with Gasteiger partial charge in [0, 0.05) is 11.5 Å². The molecule has 1 fully saturated rings. The molecule has 0 aliphatic heterocycles.